The number of piperazine rings is 1. The van der Waals surface area contributed by atoms with E-state index in [0.717, 1.165) is 13.1 Å². The van der Waals surface area contributed by atoms with E-state index in [1.807, 2.05) is 0 Å². The van der Waals surface area contributed by atoms with Gasteiger partial charge >= 0.3 is 0 Å². The van der Waals surface area contributed by atoms with Crippen molar-refractivity contribution >= 4 is 22.6 Å². The Kier molecular flexibility index (Phi) is 7.45. The summed E-state index contributed by atoms with van der Waals surface area (Å²) in [5, 5.41) is 3.12. The van der Waals surface area contributed by atoms with Crippen LogP contribution in [0.25, 0.3) is 0 Å². The summed E-state index contributed by atoms with van der Waals surface area (Å²) in [4.78, 5) is 0. The van der Waals surface area contributed by atoms with E-state index in [1.165, 1.54) is 8.61 Å². The maximum Gasteiger partial charge on any atom is 0.281 e. The molecule has 1 heterocycles. The van der Waals surface area contributed by atoms with Crippen molar-refractivity contribution in [3.8, 4) is 0 Å². The van der Waals surface area contributed by atoms with Crippen LogP contribution in [0.15, 0.2) is 0 Å². The van der Waals surface area contributed by atoms with E-state index < -0.39 is 10.2 Å². The van der Waals surface area contributed by atoms with Gasteiger partial charge in [-0.3, -0.25) is 0 Å². The van der Waals surface area contributed by atoms with Crippen molar-refractivity contribution < 1.29 is 13.2 Å². The number of methoxy groups -OCH3 is 1. The van der Waals surface area contributed by atoms with Gasteiger partial charge in [0.15, 0.2) is 0 Å². The largest absolute Gasteiger partial charge is 0.383 e. The van der Waals surface area contributed by atoms with Gasteiger partial charge in [-0.1, -0.05) is 0 Å². The molecule has 1 N–H and O–H groups in total. The molecule has 1 saturated heterocycles. The number of rotatable bonds is 5. The zero-order chi connectivity index (χ0) is 11.3. The lowest BCUT2D eigenvalue weighted by Crippen LogP contribution is -2.51. The quantitative estimate of drug-likeness (QED) is 0.708. The lowest BCUT2D eigenvalue weighted by atomic mass is 10.4. The summed E-state index contributed by atoms with van der Waals surface area (Å²) in [7, 11) is -0.147. The van der Waals surface area contributed by atoms with Crippen LogP contribution < -0.4 is 5.32 Å². The Labute approximate surface area is 104 Å². The number of ether oxygens (including phenoxy) is 1. The molecule has 0 unspecified atom stereocenters. The molecule has 0 amide bonds. The molecule has 6 nitrogen and oxygen atoms in total. The van der Waals surface area contributed by atoms with Crippen molar-refractivity contribution in [3.63, 3.8) is 0 Å². The van der Waals surface area contributed by atoms with Crippen LogP contribution in [0.4, 0.5) is 0 Å². The summed E-state index contributed by atoms with van der Waals surface area (Å²) in [6.07, 6.45) is 0. The Balaban J connectivity index is 0.00000225. The van der Waals surface area contributed by atoms with Gasteiger partial charge in [-0.05, 0) is 0 Å². The van der Waals surface area contributed by atoms with Crippen LogP contribution in [0, 0.1) is 0 Å². The fraction of sp³-hybridized carbons (Fsp3) is 1.00. The second-order valence-electron chi connectivity index (χ2n) is 3.47. The summed E-state index contributed by atoms with van der Waals surface area (Å²) in [5.41, 5.74) is 0. The van der Waals surface area contributed by atoms with Gasteiger partial charge in [-0.2, -0.15) is 17.0 Å². The fourth-order valence-corrected chi connectivity index (χ4v) is 2.75. The van der Waals surface area contributed by atoms with Crippen molar-refractivity contribution in [2.75, 3.05) is 53.5 Å². The second-order valence-corrected chi connectivity index (χ2v) is 5.51. The van der Waals surface area contributed by atoms with E-state index in [-0.39, 0.29) is 12.4 Å². The first-order valence-electron chi connectivity index (χ1n) is 5.00. The van der Waals surface area contributed by atoms with Crippen molar-refractivity contribution in [2.24, 2.45) is 0 Å². The topological polar surface area (TPSA) is 61.9 Å². The SMILES string of the molecule is COCCN(C)S(=O)(=O)N1CCNCC1.Cl. The van der Waals surface area contributed by atoms with E-state index >= 15 is 0 Å². The van der Waals surface area contributed by atoms with Crippen molar-refractivity contribution in [2.45, 2.75) is 0 Å². The molecule has 0 saturated carbocycles. The predicted octanol–water partition coefficient (Wildman–Crippen LogP) is -0.864. The summed E-state index contributed by atoms with van der Waals surface area (Å²) >= 11 is 0. The number of halogens is 1. The molecule has 0 aromatic carbocycles. The van der Waals surface area contributed by atoms with E-state index in [9.17, 15) is 8.42 Å². The Morgan fingerprint density at radius 1 is 1.38 bits per heavy atom. The highest BCUT2D eigenvalue weighted by Gasteiger charge is 2.27. The van der Waals surface area contributed by atoms with Crippen LogP contribution in [0.2, 0.25) is 0 Å². The van der Waals surface area contributed by atoms with Gasteiger partial charge in [0.05, 0.1) is 6.61 Å². The minimum atomic E-state index is -3.29. The van der Waals surface area contributed by atoms with Gasteiger partial charge in [0, 0.05) is 46.9 Å². The third-order valence-corrected chi connectivity index (χ3v) is 4.39. The van der Waals surface area contributed by atoms with Crippen molar-refractivity contribution in [1.29, 1.82) is 0 Å². The molecule has 1 aliphatic heterocycles. The maximum absolute atomic E-state index is 12.0. The number of hydrogen-bond acceptors (Lipinski definition) is 4. The standard InChI is InChI=1S/C8H19N3O3S.ClH/c1-10(7-8-14-2)15(12,13)11-5-3-9-4-6-11;/h9H,3-8H2,1-2H3;1H. The molecule has 8 heteroatoms. The highest BCUT2D eigenvalue weighted by molar-refractivity contribution is 7.86. The summed E-state index contributed by atoms with van der Waals surface area (Å²) in [6, 6.07) is 0. The van der Waals surface area contributed by atoms with E-state index in [2.05, 4.69) is 5.32 Å². The lowest BCUT2D eigenvalue weighted by Gasteiger charge is -2.30. The van der Waals surface area contributed by atoms with E-state index in [0.29, 0.717) is 26.2 Å². The molecule has 98 valence electrons. The summed E-state index contributed by atoms with van der Waals surface area (Å²) < 4.78 is 31.6. The molecule has 0 aromatic rings. The highest BCUT2D eigenvalue weighted by Crippen LogP contribution is 2.06. The third-order valence-electron chi connectivity index (χ3n) is 2.41. The fourth-order valence-electron chi connectivity index (χ4n) is 1.41. The number of hydrogen-bond donors (Lipinski definition) is 1. The van der Waals surface area contributed by atoms with Crippen molar-refractivity contribution in [1.82, 2.24) is 13.9 Å². The van der Waals surface area contributed by atoms with Gasteiger partial charge in [0.2, 0.25) is 0 Å². The van der Waals surface area contributed by atoms with Gasteiger partial charge in [-0.15, -0.1) is 12.4 Å². The van der Waals surface area contributed by atoms with Crippen molar-refractivity contribution in [3.05, 3.63) is 0 Å². The van der Waals surface area contributed by atoms with Gasteiger partial charge in [0.25, 0.3) is 10.2 Å². The molecule has 0 aromatic heterocycles. The first kappa shape index (κ1) is 16.1. The van der Waals surface area contributed by atoms with Gasteiger partial charge < -0.3 is 10.1 Å². The highest BCUT2D eigenvalue weighted by atomic mass is 35.5. The molecule has 0 bridgehead atoms. The molecule has 0 atom stereocenters. The van der Waals surface area contributed by atoms with Gasteiger partial charge in [0.1, 0.15) is 0 Å². The molecule has 1 rings (SSSR count). The minimum Gasteiger partial charge on any atom is -0.383 e. The molecule has 16 heavy (non-hydrogen) atoms. The second kappa shape index (κ2) is 7.41. The molecule has 0 aliphatic carbocycles. The molecular weight excluding hydrogens is 254 g/mol. The monoisotopic (exact) mass is 273 g/mol. The average molecular weight is 274 g/mol. The van der Waals surface area contributed by atoms with E-state index in [1.54, 1.807) is 14.2 Å². The summed E-state index contributed by atoms with van der Waals surface area (Å²) in [6.45, 7) is 3.33. The number of likely N-dealkylation sites (N-methyl/N-ethyl adjacent to an activating group) is 1. The maximum atomic E-state index is 12.0. The van der Waals surface area contributed by atoms with Crippen LogP contribution in [0.1, 0.15) is 0 Å². The molecule has 0 radical (unpaired) electrons. The minimum absolute atomic E-state index is 0. The summed E-state index contributed by atoms with van der Waals surface area (Å²) in [5.74, 6) is 0. The Bertz CT molecular complexity index is 280. The normalized spacial score (nSPS) is 18.4. The Morgan fingerprint density at radius 2 is 1.94 bits per heavy atom. The van der Waals surface area contributed by atoms with Crippen LogP contribution in [-0.2, 0) is 14.9 Å². The Hall–Kier alpha value is 0.0800. The van der Waals surface area contributed by atoms with Crippen LogP contribution >= 0.6 is 12.4 Å². The zero-order valence-electron chi connectivity index (χ0n) is 9.68. The lowest BCUT2D eigenvalue weighted by molar-refractivity contribution is 0.182. The molecule has 1 aliphatic rings. The zero-order valence-corrected chi connectivity index (χ0v) is 11.3. The first-order valence-corrected chi connectivity index (χ1v) is 6.40. The predicted molar refractivity (Wildman–Crippen MR) is 65.1 cm³/mol. The van der Waals surface area contributed by atoms with Crippen LogP contribution in [0.3, 0.4) is 0 Å². The smallest absolute Gasteiger partial charge is 0.281 e. The molecular formula is C8H20ClN3O3S. The third kappa shape index (κ3) is 4.15. The Morgan fingerprint density at radius 3 is 2.44 bits per heavy atom. The number of nitrogens with one attached hydrogen (secondary N) is 1. The van der Waals surface area contributed by atoms with Gasteiger partial charge in [-0.25, -0.2) is 0 Å². The van der Waals surface area contributed by atoms with E-state index in [4.69, 9.17) is 4.74 Å². The number of nitrogens with zero attached hydrogens (tertiary/aromatic N) is 2. The van der Waals surface area contributed by atoms with Crippen LogP contribution in [-0.4, -0.2) is 70.5 Å². The molecule has 1 fully saturated rings. The average Bonchev–Trinajstić information content (AvgIpc) is 2.27. The molecule has 0 spiro atoms. The first-order chi connectivity index (χ1) is 7.09. The van der Waals surface area contributed by atoms with Crippen LogP contribution in [0.5, 0.6) is 0 Å².